The molecule has 126 valence electrons. The summed E-state index contributed by atoms with van der Waals surface area (Å²) in [6, 6.07) is 0.787. The molecule has 0 amide bonds. The SMILES string of the molecule is N=[N+]=N[C@]1(CO)O[C@@H](n2ccc(=O)[nH]c2=O)[C@@H](C(F)(F)F)[C@@H]1O. The van der Waals surface area contributed by atoms with Crippen LogP contribution in [0.5, 0.6) is 0 Å². The molecule has 4 atom stereocenters. The highest BCUT2D eigenvalue weighted by molar-refractivity contribution is 5.02. The van der Waals surface area contributed by atoms with Gasteiger partial charge in [-0.25, -0.2) is 4.79 Å². The van der Waals surface area contributed by atoms with Crippen LogP contribution in [-0.4, -0.2) is 44.4 Å². The summed E-state index contributed by atoms with van der Waals surface area (Å²) in [4.78, 5) is 27.0. The number of aromatic nitrogens is 2. The molecule has 1 aliphatic heterocycles. The Kier molecular flexibility index (Phi) is 4.22. The first kappa shape index (κ1) is 17.0. The van der Waals surface area contributed by atoms with Crippen molar-refractivity contribution >= 4 is 0 Å². The van der Waals surface area contributed by atoms with E-state index in [0.717, 1.165) is 12.3 Å². The van der Waals surface area contributed by atoms with Crippen molar-refractivity contribution in [3.63, 3.8) is 0 Å². The van der Waals surface area contributed by atoms with Crippen molar-refractivity contribution in [1.29, 1.82) is 5.53 Å². The number of alkyl halides is 3. The molecule has 23 heavy (non-hydrogen) atoms. The number of H-pyrrole nitrogens is 1. The monoisotopic (exact) mass is 338 g/mol. The second-order valence-electron chi connectivity index (χ2n) is 4.74. The summed E-state index contributed by atoms with van der Waals surface area (Å²) >= 11 is 0. The van der Waals surface area contributed by atoms with Crippen LogP contribution in [0, 0.1) is 11.4 Å². The largest absolute Gasteiger partial charge is 0.398 e. The minimum atomic E-state index is -5.03. The third-order valence-electron chi connectivity index (χ3n) is 3.38. The van der Waals surface area contributed by atoms with Crippen LogP contribution in [0.4, 0.5) is 13.2 Å². The molecule has 1 saturated heterocycles. The molecule has 1 aromatic heterocycles. The molecule has 1 fully saturated rings. The van der Waals surface area contributed by atoms with Crippen molar-refractivity contribution in [2.75, 3.05) is 6.61 Å². The van der Waals surface area contributed by atoms with E-state index in [0.29, 0.717) is 4.57 Å². The molecule has 0 aromatic carbocycles. The minimum absolute atomic E-state index is 0.402. The quantitative estimate of drug-likeness (QED) is 0.404. The fraction of sp³-hybridized carbons (Fsp3) is 0.600. The Balaban J connectivity index is 2.62. The van der Waals surface area contributed by atoms with Gasteiger partial charge < -0.3 is 14.9 Å². The van der Waals surface area contributed by atoms with Crippen LogP contribution in [0.15, 0.2) is 27.0 Å². The summed E-state index contributed by atoms with van der Waals surface area (Å²) in [7, 11) is 0. The van der Waals surface area contributed by atoms with Crippen molar-refractivity contribution in [3.05, 3.63) is 33.1 Å². The Morgan fingerprint density at radius 3 is 2.65 bits per heavy atom. The number of aromatic amines is 1. The molecule has 13 heteroatoms. The summed E-state index contributed by atoms with van der Waals surface area (Å²) in [6.07, 6.45) is -8.83. The van der Waals surface area contributed by atoms with Gasteiger partial charge in [0.2, 0.25) is 4.91 Å². The zero-order valence-corrected chi connectivity index (χ0v) is 11.2. The number of halogens is 3. The molecule has 1 aliphatic rings. The fourth-order valence-corrected chi connectivity index (χ4v) is 2.32. The normalized spacial score (nSPS) is 30.9. The minimum Gasteiger partial charge on any atom is -0.391 e. The van der Waals surface area contributed by atoms with Gasteiger partial charge in [-0.1, -0.05) is 0 Å². The van der Waals surface area contributed by atoms with Gasteiger partial charge in [0, 0.05) is 12.3 Å². The lowest BCUT2D eigenvalue weighted by Crippen LogP contribution is -2.46. The summed E-state index contributed by atoms with van der Waals surface area (Å²) in [5.74, 6) is -2.65. The Labute approximate surface area is 124 Å². The number of nitrogens with zero attached hydrogens (tertiary/aromatic N) is 3. The van der Waals surface area contributed by atoms with Crippen molar-refractivity contribution in [1.82, 2.24) is 14.5 Å². The van der Waals surface area contributed by atoms with Crippen LogP contribution in [0.3, 0.4) is 0 Å². The molecule has 0 aliphatic carbocycles. The summed E-state index contributed by atoms with van der Waals surface area (Å²) in [5, 5.41) is 22.2. The molecule has 0 bridgehead atoms. The highest BCUT2D eigenvalue weighted by Crippen LogP contribution is 2.48. The molecule has 0 radical (unpaired) electrons. The highest BCUT2D eigenvalue weighted by Gasteiger charge is 2.67. The van der Waals surface area contributed by atoms with Gasteiger partial charge in [0.25, 0.3) is 11.3 Å². The predicted molar refractivity (Wildman–Crippen MR) is 64.1 cm³/mol. The number of rotatable bonds is 3. The lowest BCUT2D eigenvalue weighted by atomic mass is 9.95. The maximum absolute atomic E-state index is 13.2. The third-order valence-corrected chi connectivity index (χ3v) is 3.38. The maximum atomic E-state index is 13.2. The average molecular weight is 338 g/mol. The van der Waals surface area contributed by atoms with E-state index in [4.69, 9.17) is 10.3 Å². The van der Waals surface area contributed by atoms with E-state index in [1.54, 1.807) is 4.98 Å². The molecule has 1 aromatic rings. The highest BCUT2D eigenvalue weighted by atomic mass is 19.4. The molecular formula is C10H11F3N5O5+. The zero-order chi connectivity index (χ0) is 17.4. The van der Waals surface area contributed by atoms with Crippen molar-refractivity contribution in [2.24, 2.45) is 11.0 Å². The molecule has 0 spiro atoms. The van der Waals surface area contributed by atoms with Gasteiger partial charge in [0.1, 0.15) is 24.2 Å². The Hall–Kier alpha value is -2.34. The van der Waals surface area contributed by atoms with Crippen LogP contribution in [0.25, 0.3) is 0 Å². The van der Waals surface area contributed by atoms with Crippen LogP contribution in [0.1, 0.15) is 6.23 Å². The van der Waals surface area contributed by atoms with Gasteiger partial charge in [0.15, 0.2) is 11.3 Å². The summed E-state index contributed by atoms with van der Waals surface area (Å²) in [6.45, 7) is -1.21. The second kappa shape index (κ2) is 5.70. The molecule has 10 nitrogen and oxygen atoms in total. The van der Waals surface area contributed by atoms with E-state index >= 15 is 0 Å². The van der Waals surface area contributed by atoms with Crippen LogP contribution in [-0.2, 0) is 4.74 Å². The number of aliphatic hydroxyl groups excluding tert-OH is 2. The van der Waals surface area contributed by atoms with Gasteiger partial charge >= 0.3 is 11.9 Å². The van der Waals surface area contributed by atoms with E-state index in [-0.39, 0.29) is 0 Å². The number of ether oxygens (including phenoxy) is 1. The summed E-state index contributed by atoms with van der Waals surface area (Å²) < 4.78 is 45.1. The Bertz CT molecular complexity index is 754. The smallest absolute Gasteiger partial charge is 0.391 e. The molecule has 4 N–H and O–H groups in total. The number of nitrogens with one attached hydrogen (secondary N) is 2. The fourth-order valence-electron chi connectivity index (χ4n) is 2.32. The second-order valence-corrected chi connectivity index (χ2v) is 4.74. The first-order valence-corrected chi connectivity index (χ1v) is 6.10. The molecule has 2 heterocycles. The van der Waals surface area contributed by atoms with Gasteiger partial charge in [-0.15, -0.1) is 0 Å². The van der Waals surface area contributed by atoms with Crippen LogP contribution < -0.4 is 16.2 Å². The standard InChI is InChI=1S/C10H10F3N5O5/c11-10(12,13)5-6(21)9(3-19,16-17-14)23-7(5)18-2-1-4(20)15-8(18)22/h1-2,5-7,14,19,21H,3H2/p+1/t5-,6-,7+,9+/m0/s1. The van der Waals surface area contributed by atoms with Crippen LogP contribution >= 0.6 is 0 Å². The Morgan fingerprint density at radius 1 is 1.52 bits per heavy atom. The Morgan fingerprint density at radius 2 is 2.17 bits per heavy atom. The lowest BCUT2D eigenvalue weighted by Gasteiger charge is -2.23. The lowest BCUT2D eigenvalue weighted by molar-refractivity contribution is -0.211. The molecule has 2 rings (SSSR count). The van der Waals surface area contributed by atoms with Gasteiger partial charge in [-0.05, 0) is 0 Å². The summed E-state index contributed by atoms with van der Waals surface area (Å²) in [5.41, 5.74) is 2.01. The van der Waals surface area contributed by atoms with Crippen molar-refractivity contribution in [3.8, 4) is 0 Å². The van der Waals surface area contributed by atoms with Gasteiger partial charge in [-0.2, -0.15) is 13.2 Å². The van der Waals surface area contributed by atoms with E-state index in [1.165, 1.54) is 0 Å². The number of aliphatic hydroxyl groups is 2. The zero-order valence-electron chi connectivity index (χ0n) is 11.2. The number of hydrogen-bond donors (Lipinski definition) is 4. The van der Waals surface area contributed by atoms with Crippen LogP contribution in [0.2, 0.25) is 0 Å². The first-order chi connectivity index (χ1) is 10.7. The van der Waals surface area contributed by atoms with Crippen molar-refractivity contribution in [2.45, 2.75) is 24.2 Å². The predicted octanol–water partition coefficient (Wildman–Crippen LogP) is -1.16. The first-order valence-electron chi connectivity index (χ1n) is 6.10. The molecule has 0 saturated carbocycles. The average Bonchev–Trinajstić information content (AvgIpc) is 2.72. The molecule has 0 unspecified atom stereocenters. The van der Waals surface area contributed by atoms with E-state index < -0.39 is 48.0 Å². The maximum Gasteiger partial charge on any atom is 0.398 e. The van der Waals surface area contributed by atoms with E-state index in [1.807, 2.05) is 0 Å². The number of hydrogen-bond acceptors (Lipinski definition) is 7. The van der Waals surface area contributed by atoms with E-state index in [9.17, 15) is 33.0 Å². The van der Waals surface area contributed by atoms with Gasteiger partial charge in [0.05, 0.1) is 0 Å². The topological polar surface area (TPSA) is 155 Å². The van der Waals surface area contributed by atoms with Gasteiger partial charge in [-0.3, -0.25) is 14.3 Å². The molecular weight excluding hydrogens is 327 g/mol. The van der Waals surface area contributed by atoms with E-state index in [2.05, 4.69) is 10.0 Å². The third kappa shape index (κ3) is 2.82. The van der Waals surface area contributed by atoms with Crippen molar-refractivity contribution < 1.29 is 28.1 Å².